The predicted octanol–water partition coefficient (Wildman–Crippen LogP) is 7.62. The second kappa shape index (κ2) is 12.6. The van der Waals surface area contributed by atoms with Gasteiger partial charge in [-0.25, -0.2) is 5.43 Å². The molecule has 1 aromatic heterocycles. The molecule has 0 saturated carbocycles. The van der Waals surface area contributed by atoms with Gasteiger partial charge in [0.25, 0.3) is 11.8 Å². The van der Waals surface area contributed by atoms with Gasteiger partial charge in [-0.1, -0.05) is 78.9 Å². The first kappa shape index (κ1) is 27.7. The van der Waals surface area contributed by atoms with E-state index in [0.29, 0.717) is 41.3 Å². The van der Waals surface area contributed by atoms with Crippen LogP contribution in [0, 0.1) is 6.92 Å². The van der Waals surface area contributed by atoms with Crippen molar-refractivity contribution in [2.24, 2.45) is 5.10 Å². The molecule has 0 fully saturated rings. The van der Waals surface area contributed by atoms with E-state index in [1.807, 2.05) is 97.9 Å². The quantitative estimate of drug-likeness (QED) is 0.188. The molecule has 7 nitrogen and oxygen atoms in total. The van der Waals surface area contributed by atoms with Gasteiger partial charge in [-0.15, -0.1) is 0 Å². The van der Waals surface area contributed by atoms with Gasteiger partial charge in [-0.05, 0) is 67.3 Å². The number of hydrogen-bond donors (Lipinski definition) is 2. The highest BCUT2D eigenvalue weighted by atomic mass is 16.5. The van der Waals surface area contributed by atoms with E-state index in [-0.39, 0.29) is 17.6 Å². The molecule has 1 aliphatic carbocycles. The lowest BCUT2D eigenvalue weighted by Gasteiger charge is -2.18. The van der Waals surface area contributed by atoms with Crippen molar-refractivity contribution in [3.8, 4) is 11.5 Å². The van der Waals surface area contributed by atoms with Crippen LogP contribution >= 0.6 is 0 Å². The summed E-state index contributed by atoms with van der Waals surface area (Å²) in [4.78, 5) is 26.8. The van der Waals surface area contributed by atoms with Crippen LogP contribution in [-0.4, -0.2) is 17.5 Å². The highest BCUT2D eigenvalue weighted by Crippen LogP contribution is 2.31. The number of nitrogens with one attached hydrogen (secondary N) is 2. The first-order valence-electron chi connectivity index (χ1n) is 14.3. The maximum Gasteiger partial charge on any atom is 0.291 e. The van der Waals surface area contributed by atoms with Gasteiger partial charge in [0.15, 0.2) is 5.76 Å². The molecule has 1 heterocycles. The summed E-state index contributed by atoms with van der Waals surface area (Å²) in [7, 11) is 0. The fourth-order valence-electron chi connectivity index (χ4n) is 5.39. The highest BCUT2D eigenvalue weighted by molar-refractivity contribution is 6.09. The van der Waals surface area contributed by atoms with Crippen molar-refractivity contribution in [2.45, 2.75) is 32.1 Å². The van der Waals surface area contributed by atoms with Gasteiger partial charge in [0, 0.05) is 23.2 Å². The van der Waals surface area contributed by atoms with Gasteiger partial charge in [0.1, 0.15) is 17.3 Å². The zero-order valence-corrected chi connectivity index (χ0v) is 23.7. The van der Waals surface area contributed by atoms with E-state index < -0.39 is 5.92 Å². The number of carbonyl (C=O) groups is 2. The van der Waals surface area contributed by atoms with Crippen LogP contribution in [0.2, 0.25) is 0 Å². The monoisotopic (exact) mass is 569 g/mol. The van der Waals surface area contributed by atoms with Crippen LogP contribution in [0.3, 0.4) is 0 Å². The SMILES string of the molecule is Cc1c(C(=O)Nc2ccc(Oc3ccccc3)cc2)oc2c1/C(=N/NC(=O)C(c1ccccc1)c1ccccc1)CCC2. The Labute approximate surface area is 250 Å². The predicted molar refractivity (Wildman–Crippen MR) is 167 cm³/mol. The Morgan fingerprint density at radius 1 is 0.767 bits per heavy atom. The fraction of sp³-hybridized carbons (Fsp3) is 0.139. The molecule has 0 bridgehead atoms. The summed E-state index contributed by atoms with van der Waals surface area (Å²) in [6.07, 6.45) is 2.16. The normalized spacial score (nSPS) is 13.4. The molecule has 1 aliphatic rings. The van der Waals surface area contributed by atoms with Crippen LogP contribution in [0.5, 0.6) is 11.5 Å². The lowest BCUT2D eigenvalue weighted by molar-refractivity contribution is -0.121. The summed E-state index contributed by atoms with van der Waals surface area (Å²) in [5.41, 5.74) is 7.40. The van der Waals surface area contributed by atoms with Gasteiger partial charge in [-0.3, -0.25) is 9.59 Å². The van der Waals surface area contributed by atoms with Gasteiger partial charge in [0.05, 0.1) is 11.6 Å². The summed E-state index contributed by atoms with van der Waals surface area (Å²) in [6.45, 7) is 1.85. The number of nitrogens with zero attached hydrogens (tertiary/aromatic N) is 1. The Morgan fingerprint density at radius 2 is 1.35 bits per heavy atom. The molecule has 6 rings (SSSR count). The number of ether oxygens (including phenoxy) is 1. The number of benzene rings is 4. The Morgan fingerprint density at radius 3 is 1.98 bits per heavy atom. The van der Waals surface area contributed by atoms with Gasteiger partial charge in [0.2, 0.25) is 0 Å². The molecule has 0 atom stereocenters. The van der Waals surface area contributed by atoms with Crippen LogP contribution in [0.25, 0.3) is 0 Å². The minimum absolute atomic E-state index is 0.226. The smallest absolute Gasteiger partial charge is 0.291 e. The molecule has 214 valence electrons. The third-order valence-corrected chi connectivity index (χ3v) is 7.45. The third-order valence-electron chi connectivity index (χ3n) is 7.45. The molecule has 0 aliphatic heterocycles. The number of hydrazone groups is 1. The van der Waals surface area contributed by atoms with E-state index in [1.54, 1.807) is 24.3 Å². The summed E-state index contributed by atoms with van der Waals surface area (Å²) in [5.74, 6) is 1.26. The fourth-order valence-corrected chi connectivity index (χ4v) is 5.39. The largest absolute Gasteiger partial charge is 0.457 e. The number of carbonyl (C=O) groups excluding carboxylic acids is 2. The second-order valence-corrected chi connectivity index (χ2v) is 10.4. The summed E-state index contributed by atoms with van der Waals surface area (Å²) in [5, 5.41) is 7.49. The first-order valence-corrected chi connectivity index (χ1v) is 14.3. The number of amides is 2. The molecule has 2 amide bonds. The molecular weight excluding hydrogens is 538 g/mol. The number of furan rings is 1. The second-order valence-electron chi connectivity index (χ2n) is 10.4. The van der Waals surface area contributed by atoms with Crippen molar-refractivity contribution in [3.63, 3.8) is 0 Å². The summed E-state index contributed by atoms with van der Waals surface area (Å²) >= 11 is 0. The van der Waals surface area contributed by atoms with Crippen molar-refractivity contribution in [2.75, 3.05) is 5.32 Å². The van der Waals surface area contributed by atoms with Crippen molar-refractivity contribution in [1.82, 2.24) is 5.43 Å². The van der Waals surface area contributed by atoms with Crippen molar-refractivity contribution >= 4 is 23.2 Å². The summed E-state index contributed by atoms with van der Waals surface area (Å²) < 4.78 is 11.9. The third kappa shape index (κ3) is 6.26. The molecule has 0 radical (unpaired) electrons. The van der Waals surface area contributed by atoms with Crippen LogP contribution in [0.15, 0.2) is 125 Å². The lowest BCUT2D eigenvalue weighted by Crippen LogP contribution is -2.28. The van der Waals surface area contributed by atoms with Gasteiger partial charge < -0.3 is 14.5 Å². The molecule has 0 saturated heterocycles. The van der Waals surface area contributed by atoms with E-state index in [4.69, 9.17) is 9.15 Å². The zero-order valence-electron chi connectivity index (χ0n) is 23.7. The molecule has 4 aromatic carbocycles. The number of fused-ring (bicyclic) bond motifs is 1. The average molecular weight is 570 g/mol. The maximum atomic E-state index is 13.5. The Kier molecular flexibility index (Phi) is 8.13. The van der Waals surface area contributed by atoms with E-state index >= 15 is 0 Å². The molecule has 0 spiro atoms. The topological polar surface area (TPSA) is 92.9 Å². The van der Waals surface area contributed by atoms with E-state index in [2.05, 4.69) is 15.8 Å². The van der Waals surface area contributed by atoms with Gasteiger partial charge >= 0.3 is 0 Å². The Balaban J connectivity index is 1.18. The summed E-state index contributed by atoms with van der Waals surface area (Å²) in [6, 6.07) is 36.0. The van der Waals surface area contributed by atoms with E-state index in [1.165, 1.54) is 0 Å². The van der Waals surface area contributed by atoms with E-state index in [9.17, 15) is 9.59 Å². The van der Waals surface area contributed by atoms with Crippen LogP contribution < -0.4 is 15.5 Å². The number of hydrogen-bond acceptors (Lipinski definition) is 5. The van der Waals surface area contributed by atoms with Crippen LogP contribution in [0.4, 0.5) is 5.69 Å². The van der Waals surface area contributed by atoms with E-state index in [0.717, 1.165) is 28.9 Å². The van der Waals surface area contributed by atoms with Crippen molar-refractivity contribution < 1.29 is 18.7 Å². The standard InChI is InChI=1S/C36H31N3O4/c1-24-32-30(38-39-35(40)33(25-12-5-2-6-13-25)26-14-7-3-8-15-26)18-11-19-31(32)43-34(24)36(41)37-27-20-22-29(23-21-27)42-28-16-9-4-10-17-28/h2-10,12-17,20-23,33H,11,18-19H2,1H3,(H,37,41)(H,39,40)/b38-30+. The van der Waals surface area contributed by atoms with Crippen LogP contribution in [0.1, 0.15) is 57.3 Å². The van der Waals surface area contributed by atoms with Crippen molar-refractivity contribution in [1.29, 1.82) is 0 Å². The average Bonchev–Trinajstić information content (AvgIpc) is 3.39. The maximum absolute atomic E-state index is 13.5. The minimum atomic E-state index is -0.508. The first-order chi connectivity index (χ1) is 21.1. The van der Waals surface area contributed by atoms with Crippen LogP contribution in [-0.2, 0) is 11.2 Å². The van der Waals surface area contributed by atoms with Gasteiger partial charge in [-0.2, -0.15) is 5.10 Å². The number of para-hydroxylation sites is 1. The molecule has 5 aromatic rings. The Hall–Kier alpha value is -5.43. The lowest BCUT2D eigenvalue weighted by atomic mass is 9.90. The minimum Gasteiger partial charge on any atom is -0.457 e. The molecule has 7 heteroatoms. The number of anilines is 1. The Bertz CT molecular complexity index is 1710. The molecule has 2 N–H and O–H groups in total. The van der Waals surface area contributed by atoms with Crippen molar-refractivity contribution in [3.05, 3.63) is 149 Å². The molecule has 0 unspecified atom stereocenters. The zero-order chi connectivity index (χ0) is 29.6. The number of aryl methyl sites for hydroxylation is 1. The highest BCUT2D eigenvalue weighted by Gasteiger charge is 2.29. The molecule has 43 heavy (non-hydrogen) atoms. The molecular formula is C36H31N3O4. The number of rotatable bonds is 8.